The fourth-order valence-electron chi connectivity index (χ4n) is 4.41. The molecule has 2 fully saturated rings. The molecule has 0 aliphatic carbocycles. The monoisotopic (exact) mass is 386 g/mol. The summed E-state index contributed by atoms with van der Waals surface area (Å²) in [6, 6.07) is 8.70. The minimum atomic E-state index is 0.0112. The van der Waals surface area contributed by atoms with Crippen molar-refractivity contribution >= 4 is 11.8 Å². The van der Waals surface area contributed by atoms with Crippen LogP contribution in [0.1, 0.15) is 36.8 Å². The van der Waals surface area contributed by atoms with Crippen LogP contribution in [0.2, 0.25) is 0 Å². The van der Waals surface area contributed by atoms with Gasteiger partial charge in [-0.05, 0) is 49.9 Å². The molecule has 0 N–H and O–H groups in total. The lowest BCUT2D eigenvalue weighted by molar-refractivity contribution is -0.134. The fraction of sp³-hybridized carbons (Fsp3) is 0.636. The standard InChI is InChI=1S/C22H34N4O2/c1-23(2)21(27)19-7-5-13-25(19)15-17-9-11-18(12-10-17)16-26-14-6-8-20(26)22(28)24(3)4/h9-12,19-20H,5-8,13-16H2,1-4H3/t19-,20-/m0/s1. The number of hydrogen-bond acceptors (Lipinski definition) is 4. The Morgan fingerprint density at radius 2 is 1.14 bits per heavy atom. The van der Waals surface area contributed by atoms with Crippen LogP contribution < -0.4 is 0 Å². The van der Waals surface area contributed by atoms with Gasteiger partial charge in [-0.3, -0.25) is 19.4 Å². The van der Waals surface area contributed by atoms with E-state index >= 15 is 0 Å². The Labute approximate surface area is 169 Å². The summed E-state index contributed by atoms with van der Waals surface area (Å²) in [5.74, 6) is 0.416. The van der Waals surface area contributed by atoms with Crippen LogP contribution in [0, 0.1) is 0 Å². The number of rotatable bonds is 6. The van der Waals surface area contributed by atoms with Crippen LogP contribution >= 0.6 is 0 Å². The molecule has 0 saturated carbocycles. The van der Waals surface area contributed by atoms with Crippen molar-refractivity contribution in [3.05, 3.63) is 35.4 Å². The number of nitrogens with zero attached hydrogens (tertiary/aromatic N) is 4. The number of likely N-dealkylation sites (N-methyl/N-ethyl adjacent to an activating group) is 2. The van der Waals surface area contributed by atoms with E-state index < -0.39 is 0 Å². The van der Waals surface area contributed by atoms with Crippen LogP contribution in [-0.4, -0.2) is 84.8 Å². The number of carbonyl (C=O) groups is 2. The summed E-state index contributed by atoms with van der Waals surface area (Å²) < 4.78 is 0. The predicted molar refractivity (Wildman–Crippen MR) is 111 cm³/mol. The van der Waals surface area contributed by atoms with Gasteiger partial charge in [0, 0.05) is 41.3 Å². The minimum Gasteiger partial charge on any atom is -0.347 e. The maximum Gasteiger partial charge on any atom is 0.239 e. The molecule has 2 saturated heterocycles. The predicted octanol–water partition coefficient (Wildman–Crippen LogP) is 1.79. The van der Waals surface area contributed by atoms with E-state index in [1.807, 2.05) is 28.2 Å². The van der Waals surface area contributed by atoms with Crippen LogP contribution in [0.5, 0.6) is 0 Å². The van der Waals surface area contributed by atoms with Gasteiger partial charge in [-0.1, -0.05) is 24.3 Å². The molecule has 1 aromatic carbocycles. The Balaban J connectivity index is 1.59. The highest BCUT2D eigenvalue weighted by molar-refractivity contribution is 5.82. The maximum absolute atomic E-state index is 12.4. The molecule has 28 heavy (non-hydrogen) atoms. The fourth-order valence-corrected chi connectivity index (χ4v) is 4.41. The topological polar surface area (TPSA) is 47.1 Å². The van der Waals surface area contributed by atoms with E-state index in [2.05, 4.69) is 34.1 Å². The van der Waals surface area contributed by atoms with Crippen molar-refractivity contribution < 1.29 is 9.59 Å². The van der Waals surface area contributed by atoms with Crippen molar-refractivity contribution in [1.82, 2.24) is 19.6 Å². The highest BCUT2D eigenvalue weighted by atomic mass is 16.2. The van der Waals surface area contributed by atoms with Gasteiger partial charge in [0.15, 0.2) is 0 Å². The van der Waals surface area contributed by atoms with Crippen LogP contribution in [0.4, 0.5) is 0 Å². The zero-order valence-corrected chi connectivity index (χ0v) is 17.7. The highest BCUT2D eigenvalue weighted by Crippen LogP contribution is 2.23. The number of amides is 2. The van der Waals surface area contributed by atoms with Gasteiger partial charge in [0.1, 0.15) is 0 Å². The Morgan fingerprint density at radius 1 is 0.786 bits per heavy atom. The lowest BCUT2D eigenvalue weighted by atomic mass is 10.1. The lowest BCUT2D eigenvalue weighted by Gasteiger charge is -2.27. The summed E-state index contributed by atoms with van der Waals surface area (Å²) >= 11 is 0. The highest BCUT2D eigenvalue weighted by Gasteiger charge is 2.32. The maximum atomic E-state index is 12.4. The lowest BCUT2D eigenvalue weighted by Crippen LogP contribution is -2.42. The molecule has 2 heterocycles. The van der Waals surface area contributed by atoms with Crippen molar-refractivity contribution in [1.29, 1.82) is 0 Å². The van der Waals surface area contributed by atoms with Gasteiger partial charge < -0.3 is 9.80 Å². The quantitative estimate of drug-likeness (QED) is 0.748. The van der Waals surface area contributed by atoms with E-state index in [1.54, 1.807) is 9.80 Å². The average molecular weight is 387 g/mol. The number of carbonyl (C=O) groups excluding carboxylic acids is 2. The summed E-state index contributed by atoms with van der Waals surface area (Å²) in [5.41, 5.74) is 2.48. The van der Waals surface area contributed by atoms with Crippen LogP contribution in [0.15, 0.2) is 24.3 Å². The number of benzene rings is 1. The second kappa shape index (κ2) is 9.05. The van der Waals surface area contributed by atoms with Gasteiger partial charge >= 0.3 is 0 Å². The third-order valence-corrected chi connectivity index (χ3v) is 5.97. The van der Waals surface area contributed by atoms with Gasteiger partial charge in [0.05, 0.1) is 12.1 Å². The third kappa shape index (κ3) is 4.73. The molecule has 6 heteroatoms. The van der Waals surface area contributed by atoms with Gasteiger partial charge in [0.25, 0.3) is 0 Å². The summed E-state index contributed by atoms with van der Waals surface area (Å²) in [7, 11) is 7.33. The van der Waals surface area contributed by atoms with Crippen molar-refractivity contribution in [2.75, 3.05) is 41.3 Å². The summed E-state index contributed by atoms with van der Waals surface area (Å²) in [6.45, 7) is 3.59. The molecule has 2 aliphatic heterocycles. The van der Waals surface area contributed by atoms with Gasteiger partial charge in [0.2, 0.25) is 11.8 Å². The van der Waals surface area contributed by atoms with Crippen molar-refractivity contribution in [3.63, 3.8) is 0 Å². The first-order chi connectivity index (χ1) is 13.4. The molecule has 3 rings (SSSR count). The second-order valence-corrected chi connectivity index (χ2v) is 8.54. The zero-order chi connectivity index (χ0) is 20.3. The van der Waals surface area contributed by atoms with Crippen molar-refractivity contribution in [3.8, 4) is 0 Å². The number of hydrogen-bond donors (Lipinski definition) is 0. The average Bonchev–Trinajstić information content (AvgIpc) is 3.31. The van der Waals surface area contributed by atoms with E-state index in [1.165, 1.54) is 11.1 Å². The normalized spacial score (nSPS) is 23.1. The van der Waals surface area contributed by atoms with Gasteiger partial charge in [-0.15, -0.1) is 0 Å². The Kier molecular flexibility index (Phi) is 6.73. The largest absolute Gasteiger partial charge is 0.347 e. The zero-order valence-electron chi connectivity index (χ0n) is 17.7. The molecule has 1 aromatic rings. The molecule has 0 aromatic heterocycles. The molecule has 0 bridgehead atoms. The molecule has 0 spiro atoms. The van der Waals surface area contributed by atoms with Gasteiger partial charge in [-0.2, -0.15) is 0 Å². The first kappa shape index (κ1) is 20.8. The first-order valence-electron chi connectivity index (χ1n) is 10.3. The summed E-state index contributed by atoms with van der Waals surface area (Å²) in [5, 5.41) is 0. The number of likely N-dealkylation sites (tertiary alicyclic amines) is 2. The molecule has 2 amide bonds. The van der Waals surface area contributed by atoms with Crippen molar-refractivity contribution in [2.24, 2.45) is 0 Å². The Hall–Kier alpha value is -1.92. The van der Waals surface area contributed by atoms with E-state index in [-0.39, 0.29) is 23.9 Å². The van der Waals surface area contributed by atoms with E-state index in [4.69, 9.17) is 0 Å². The molecular weight excluding hydrogens is 352 g/mol. The molecule has 0 radical (unpaired) electrons. The Morgan fingerprint density at radius 3 is 1.46 bits per heavy atom. The second-order valence-electron chi connectivity index (χ2n) is 8.54. The Bertz CT molecular complexity index is 627. The first-order valence-corrected chi connectivity index (χ1v) is 10.3. The molecular formula is C22H34N4O2. The SMILES string of the molecule is CN(C)C(=O)[C@@H]1CCCN1Cc1ccc(CN2CCC[C@H]2C(=O)N(C)C)cc1. The third-order valence-electron chi connectivity index (χ3n) is 5.97. The molecule has 2 aliphatic rings. The van der Waals surface area contributed by atoms with Crippen LogP contribution in [0.3, 0.4) is 0 Å². The molecule has 0 unspecified atom stereocenters. The minimum absolute atomic E-state index is 0.0112. The van der Waals surface area contributed by atoms with Crippen LogP contribution in [-0.2, 0) is 22.7 Å². The summed E-state index contributed by atoms with van der Waals surface area (Å²) in [4.78, 5) is 32.7. The molecule has 2 atom stereocenters. The smallest absolute Gasteiger partial charge is 0.239 e. The molecule has 154 valence electrons. The van der Waals surface area contributed by atoms with Crippen molar-refractivity contribution in [2.45, 2.75) is 50.9 Å². The van der Waals surface area contributed by atoms with Crippen LogP contribution in [0.25, 0.3) is 0 Å². The van der Waals surface area contributed by atoms with E-state index in [0.717, 1.165) is 51.9 Å². The van der Waals surface area contributed by atoms with E-state index in [9.17, 15) is 9.59 Å². The van der Waals surface area contributed by atoms with E-state index in [0.29, 0.717) is 0 Å². The van der Waals surface area contributed by atoms with Gasteiger partial charge in [-0.25, -0.2) is 0 Å². The molecule has 6 nitrogen and oxygen atoms in total. The summed E-state index contributed by atoms with van der Waals surface area (Å²) in [6.07, 6.45) is 4.06.